The van der Waals surface area contributed by atoms with Crippen molar-refractivity contribution in [1.82, 2.24) is 0 Å². The third kappa shape index (κ3) is 3.08. The van der Waals surface area contributed by atoms with Crippen LogP contribution >= 0.6 is 11.6 Å². The first-order chi connectivity index (χ1) is 10.3. The third-order valence-corrected chi connectivity index (χ3v) is 4.65. The topological polar surface area (TPSA) is 9.23 Å². The van der Waals surface area contributed by atoms with E-state index in [0.717, 1.165) is 23.5 Å². The molecule has 2 aromatic carbocycles. The number of aryl methyl sites for hydroxylation is 2. The van der Waals surface area contributed by atoms with Crippen molar-refractivity contribution in [2.45, 2.75) is 38.0 Å². The Morgan fingerprint density at radius 1 is 1.14 bits per heavy atom. The summed E-state index contributed by atoms with van der Waals surface area (Å²) < 4.78 is 6.17. The van der Waals surface area contributed by atoms with E-state index in [4.69, 9.17) is 16.3 Å². The van der Waals surface area contributed by atoms with Crippen molar-refractivity contribution in [1.29, 1.82) is 0 Å². The van der Waals surface area contributed by atoms with Crippen LogP contribution in [0.3, 0.4) is 0 Å². The van der Waals surface area contributed by atoms with Gasteiger partial charge in [0, 0.05) is 11.5 Å². The first-order valence-electron chi connectivity index (χ1n) is 7.64. The molecule has 0 amide bonds. The van der Waals surface area contributed by atoms with Crippen LogP contribution in [0.4, 0.5) is 0 Å². The van der Waals surface area contributed by atoms with Gasteiger partial charge in [-0.15, -0.1) is 11.6 Å². The van der Waals surface area contributed by atoms with Crippen LogP contribution in [-0.2, 0) is 12.3 Å². The van der Waals surface area contributed by atoms with E-state index in [2.05, 4.69) is 37.3 Å². The standard InChI is InChI=1S/C19H21ClO/c1-14-6-4-9-16(12-20)19(14)21-13-17-10-5-8-15-7-2-3-11-18(15)17/h2-4,6-7,9,11,17H,5,8,10,12-13H2,1H3. The largest absolute Gasteiger partial charge is 0.492 e. The summed E-state index contributed by atoms with van der Waals surface area (Å²) in [4.78, 5) is 0. The maximum Gasteiger partial charge on any atom is 0.126 e. The monoisotopic (exact) mass is 300 g/mol. The fraction of sp³-hybridized carbons (Fsp3) is 0.368. The molecule has 3 rings (SSSR count). The van der Waals surface area contributed by atoms with E-state index in [1.54, 1.807) is 0 Å². The molecule has 21 heavy (non-hydrogen) atoms. The fourth-order valence-corrected chi connectivity index (χ4v) is 3.45. The Bertz CT molecular complexity index is 621. The zero-order valence-corrected chi connectivity index (χ0v) is 13.2. The molecule has 1 aliphatic carbocycles. The highest BCUT2D eigenvalue weighted by Crippen LogP contribution is 2.33. The van der Waals surface area contributed by atoms with Gasteiger partial charge in [-0.25, -0.2) is 0 Å². The zero-order valence-electron chi connectivity index (χ0n) is 12.4. The van der Waals surface area contributed by atoms with E-state index < -0.39 is 0 Å². The molecule has 2 heteroatoms. The van der Waals surface area contributed by atoms with Crippen molar-refractivity contribution in [3.05, 3.63) is 64.7 Å². The number of fused-ring (bicyclic) bond motifs is 1. The highest BCUT2D eigenvalue weighted by molar-refractivity contribution is 6.17. The van der Waals surface area contributed by atoms with Crippen molar-refractivity contribution >= 4 is 11.6 Å². The lowest BCUT2D eigenvalue weighted by molar-refractivity contribution is 0.271. The van der Waals surface area contributed by atoms with E-state index in [0.29, 0.717) is 11.8 Å². The van der Waals surface area contributed by atoms with Crippen LogP contribution in [0, 0.1) is 6.92 Å². The van der Waals surface area contributed by atoms with Crippen molar-refractivity contribution in [2.75, 3.05) is 6.61 Å². The van der Waals surface area contributed by atoms with Gasteiger partial charge in [-0.2, -0.15) is 0 Å². The van der Waals surface area contributed by atoms with E-state index in [-0.39, 0.29) is 0 Å². The molecule has 1 nitrogen and oxygen atoms in total. The second-order valence-electron chi connectivity index (χ2n) is 5.80. The van der Waals surface area contributed by atoms with Gasteiger partial charge in [-0.05, 0) is 42.9 Å². The fourth-order valence-electron chi connectivity index (χ4n) is 3.24. The molecule has 0 aliphatic heterocycles. The Kier molecular flexibility index (Phi) is 4.50. The minimum absolute atomic E-state index is 0.498. The Morgan fingerprint density at radius 2 is 2.00 bits per heavy atom. The van der Waals surface area contributed by atoms with Gasteiger partial charge in [0.15, 0.2) is 0 Å². The minimum Gasteiger partial charge on any atom is -0.492 e. The first kappa shape index (κ1) is 14.5. The second kappa shape index (κ2) is 6.53. The molecule has 0 aromatic heterocycles. The van der Waals surface area contributed by atoms with Gasteiger partial charge < -0.3 is 4.74 Å². The van der Waals surface area contributed by atoms with E-state index in [1.165, 1.54) is 30.4 Å². The van der Waals surface area contributed by atoms with Gasteiger partial charge in [0.25, 0.3) is 0 Å². The van der Waals surface area contributed by atoms with Gasteiger partial charge in [0.2, 0.25) is 0 Å². The van der Waals surface area contributed by atoms with Crippen LogP contribution in [0.5, 0.6) is 5.75 Å². The van der Waals surface area contributed by atoms with Crippen molar-refractivity contribution < 1.29 is 4.74 Å². The Morgan fingerprint density at radius 3 is 2.86 bits per heavy atom. The summed E-state index contributed by atoms with van der Waals surface area (Å²) in [7, 11) is 0. The summed E-state index contributed by atoms with van der Waals surface area (Å²) in [5, 5.41) is 0. The van der Waals surface area contributed by atoms with Crippen LogP contribution < -0.4 is 4.74 Å². The highest BCUT2D eigenvalue weighted by atomic mass is 35.5. The van der Waals surface area contributed by atoms with Gasteiger partial charge in [0.1, 0.15) is 5.75 Å². The van der Waals surface area contributed by atoms with Crippen LogP contribution in [0.1, 0.15) is 41.0 Å². The predicted molar refractivity (Wildman–Crippen MR) is 88.4 cm³/mol. The Labute approximate surface area is 131 Å². The average Bonchev–Trinajstić information content (AvgIpc) is 2.53. The van der Waals surface area contributed by atoms with Crippen LogP contribution in [0.25, 0.3) is 0 Å². The van der Waals surface area contributed by atoms with Crippen molar-refractivity contribution in [2.24, 2.45) is 0 Å². The maximum absolute atomic E-state index is 6.17. The summed E-state index contributed by atoms with van der Waals surface area (Å²) >= 11 is 6.03. The van der Waals surface area contributed by atoms with E-state index >= 15 is 0 Å². The maximum atomic E-state index is 6.17. The summed E-state index contributed by atoms with van der Waals surface area (Å²) in [6.07, 6.45) is 3.66. The molecule has 0 fully saturated rings. The molecule has 1 aliphatic rings. The lowest BCUT2D eigenvalue weighted by Crippen LogP contribution is -2.17. The Hall–Kier alpha value is -1.47. The van der Waals surface area contributed by atoms with Crippen LogP contribution in [0.2, 0.25) is 0 Å². The molecular weight excluding hydrogens is 280 g/mol. The number of benzene rings is 2. The Balaban J connectivity index is 1.78. The van der Waals surface area contributed by atoms with E-state index in [9.17, 15) is 0 Å². The molecule has 0 radical (unpaired) electrons. The number of halogens is 1. The number of rotatable bonds is 4. The molecule has 0 spiro atoms. The van der Waals surface area contributed by atoms with Gasteiger partial charge in [-0.1, -0.05) is 42.5 Å². The zero-order chi connectivity index (χ0) is 14.7. The van der Waals surface area contributed by atoms with Crippen molar-refractivity contribution in [3.8, 4) is 5.75 Å². The average molecular weight is 301 g/mol. The number of hydrogen-bond acceptors (Lipinski definition) is 1. The predicted octanol–water partition coefficient (Wildman–Crippen LogP) is 5.23. The number of ether oxygens (including phenoxy) is 1. The SMILES string of the molecule is Cc1cccc(CCl)c1OCC1CCCc2ccccc21. The molecule has 1 unspecified atom stereocenters. The second-order valence-corrected chi connectivity index (χ2v) is 6.06. The molecule has 0 heterocycles. The summed E-state index contributed by atoms with van der Waals surface area (Å²) in [6.45, 7) is 2.83. The minimum atomic E-state index is 0.498. The first-order valence-corrected chi connectivity index (χ1v) is 8.18. The molecule has 110 valence electrons. The normalized spacial score (nSPS) is 17.3. The quantitative estimate of drug-likeness (QED) is 0.702. The molecule has 0 N–H and O–H groups in total. The lowest BCUT2D eigenvalue weighted by Gasteiger charge is -2.26. The molecule has 2 aromatic rings. The third-order valence-electron chi connectivity index (χ3n) is 4.36. The smallest absolute Gasteiger partial charge is 0.126 e. The molecule has 0 saturated carbocycles. The van der Waals surface area contributed by atoms with Gasteiger partial charge in [0.05, 0.1) is 12.5 Å². The van der Waals surface area contributed by atoms with Crippen LogP contribution in [0.15, 0.2) is 42.5 Å². The van der Waals surface area contributed by atoms with E-state index in [1.807, 2.05) is 12.1 Å². The molecule has 1 atom stereocenters. The summed E-state index contributed by atoms with van der Waals surface area (Å²) in [5.74, 6) is 1.96. The molecule has 0 saturated heterocycles. The number of hydrogen-bond donors (Lipinski definition) is 0. The number of para-hydroxylation sites is 1. The number of alkyl halides is 1. The summed E-state index contributed by atoms with van der Waals surface area (Å²) in [5.41, 5.74) is 5.20. The lowest BCUT2D eigenvalue weighted by atomic mass is 9.83. The molecular formula is C19H21ClO. The van der Waals surface area contributed by atoms with Gasteiger partial charge in [-0.3, -0.25) is 0 Å². The molecule has 0 bridgehead atoms. The van der Waals surface area contributed by atoms with Gasteiger partial charge >= 0.3 is 0 Å². The van der Waals surface area contributed by atoms with Crippen LogP contribution in [-0.4, -0.2) is 6.61 Å². The highest BCUT2D eigenvalue weighted by Gasteiger charge is 2.21. The van der Waals surface area contributed by atoms with Crippen molar-refractivity contribution in [3.63, 3.8) is 0 Å². The summed E-state index contributed by atoms with van der Waals surface area (Å²) in [6, 6.07) is 14.9.